The summed E-state index contributed by atoms with van der Waals surface area (Å²) in [5.41, 5.74) is 5.82. The van der Waals surface area contributed by atoms with Crippen molar-refractivity contribution >= 4 is 17.7 Å². The molecule has 1 rings (SSSR count). The highest BCUT2D eigenvalue weighted by Crippen LogP contribution is 2.29. The van der Waals surface area contributed by atoms with Gasteiger partial charge in [0.15, 0.2) is 0 Å². The van der Waals surface area contributed by atoms with E-state index in [1.54, 1.807) is 11.8 Å². The lowest BCUT2D eigenvalue weighted by Crippen LogP contribution is -2.41. The molecule has 0 bridgehead atoms. The van der Waals surface area contributed by atoms with Crippen LogP contribution in [-0.4, -0.2) is 30.5 Å². The van der Waals surface area contributed by atoms with Gasteiger partial charge in [0.05, 0.1) is 6.04 Å². The second-order valence-electron chi connectivity index (χ2n) is 5.59. The number of nitrogens with one attached hydrogen (secondary N) is 1. The van der Waals surface area contributed by atoms with E-state index < -0.39 is 0 Å². The Morgan fingerprint density at radius 1 is 1.39 bits per heavy atom. The van der Waals surface area contributed by atoms with E-state index >= 15 is 0 Å². The molecule has 3 N–H and O–H groups in total. The lowest BCUT2D eigenvalue weighted by Gasteiger charge is -2.26. The van der Waals surface area contributed by atoms with Gasteiger partial charge in [0.1, 0.15) is 0 Å². The second-order valence-corrected chi connectivity index (χ2v) is 6.58. The topological polar surface area (TPSA) is 55.1 Å². The number of hydrogen-bond donors (Lipinski definition) is 2. The van der Waals surface area contributed by atoms with Gasteiger partial charge in [0, 0.05) is 6.54 Å². The SMILES string of the molecule is CSCC[C@H](N)C(=O)NCCC1CCC(C)CC1. The van der Waals surface area contributed by atoms with Crippen LogP contribution in [0.4, 0.5) is 0 Å². The molecule has 1 fully saturated rings. The zero-order valence-corrected chi connectivity index (χ0v) is 12.6. The second kappa shape index (κ2) is 8.81. The molecule has 1 aliphatic rings. The number of carbonyl (C=O) groups excluding carboxylic acids is 1. The van der Waals surface area contributed by atoms with Gasteiger partial charge in [-0.15, -0.1) is 0 Å². The van der Waals surface area contributed by atoms with Gasteiger partial charge in [-0.05, 0) is 36.7 Å². The van der Waals surface area contributed by atoms with Crippen LogP contribution in [-0.2, 0) is 4.79 Å². The third kappa shape index (κ3) is 6.10. The molecule has 0 aromatic rings. The van der Waals surface area contributed by atoms with E-state index in [1.165, 1.54) is 25.7 Å². The van der Waals surface area contributed by atoms with Gasteiger partial charge in [0.25, 0.3) is 0 Å². The Morgan fingerprint density at radius 2 is 2.06 bits per heavy atom. The van der Waals surface area contributed by atoms with E-state index in [9.17, 15) is 4.79 Å². The number of hydrogen-bond acceptors (Lipinski definition) is 3. The first-order valence-electron chi connectivity index (χ1n) is 7.15. The summed E-state index contributed by atoms with van der Waals surface area (Å²) in [7, 11) is 0. The van der Waals surface area contributed by atoms with Crippen LogP contribution < -0.4 is 11.1 Å². The molecule has 106 valence electrons. The maximum Gasteiger partial charge on any atom is 0.236 e. The fourth-order valence-corrected chi connectivity index (χ4v) is 3.01. The van der Waals surface area contributed by atoms with Gasteiger partial charge < -0.3 is 11.1 Å². The van der Waals surface area contributed by atoms with Crippen molar-refractivity contribution in [2.75, 3.05) is 18.6 Å². The average molecular weight is 272 g/mol. The fraction of sp³-hybridized carbons (Fsp3) is 0.929. The Labute approximate surface area is 116 Å². The van der Waals surface area contributed by atoms with Crippen molar-refractivity contribution in [3.05, 3.63) is 0 Å². The van der Waals surface area contributed by atoms with Gasteiger partial charge in [-0.1, -0.05) is 32.6 Å². The third-order valence-electron chi connectivity index (χ3n) is 3.96. The molecule has 4 heteroatoms. The van der Waals surface area contributed by atoms with E-state index in [0.29, 0.717) is 0 Å². The quantitative estimate of drug-likeness (QED) is 0.748. The molecule has 0 radical (unpaired) electrons. The summed E-state index contributed by atoms with van der Waals surface area (Å²) in [4.78, 5) is 11.7. The van der Waals surface area contributed by atoms with Crippen LogP contribution in [0.2, 0.25) is 0 Å². The largest absolute Gasteiger partial charge is 0.355 e. The number of thioether (sulfide) groups is 1. The van der Waals surface area contributed by atoms with Crippen molar-refractivity contribution in [2.24, 2.45) is 17.6 Å². The van der Waals surface area contributed by atoms with Gasteiger partial charge in [-0.3, -0.25) is 4.79 Å². The molecule has 1 saturated carbocycles. The molecular weight excluding hydrogens is 244 g/mol. The van der Waals surface area contributed by atoms with E-state index in [2.05, 4.69) is 12.2 Å². The number of carbonyl (C=O) groups is 1. The Bertz CT molecular complexity index is 240. The molecule has 0 saturated heterocycles. The van der Waals surface area contributed by atoms with Crippen LogP contribution in [0.25, 0.3) is 0 Å². The predicted octanol–water partition coefficient (Wildman–Crippen LogP) is 2.40. The molecule has 0 aliphatic heterocycles. The van der Waals surface area contributed by atoms with Crippen LogP contribution in [0.3, 0.4) is 0 Å². The summed E-state index contributed by atoms with van der Waals surface area (Å²) in [5.74, 6) is 2.68. The highest BCUT2D eigenvalue weighted by atomic mass is 32.2. The summed E-state index contributed by atoms with van der Waals surface area (Å²) in [6.45, 7) is 3.13. The van der Waals surface area contributed by atoms with Crippen molar-refractivity contribution in [1.82, 2.24) is 5.32 Å². The Hall–Kier alpha value is -0.220. The monoisotopic (exact) mass is 272 g/mol. The molecule has 1 atom stereocenters. The van der Waals surface area contributed by atoms with Gasteiger partial charge >= 0.3 is 0 Å². The molecule has 0 aromatic heterocycles. The Morgan fingerprint density at radius 3 is 2.67 bits per heavy atom. The van der Waals surface area contributed by atoms with Crippen molar-refractivity contribution in [3.8, 4) is 0 Å². The minimum absolute atomic E-state index is 0.0215. The molecule has 18 heavy (non-hydrogen) atoms. The molecule has 0 unspecified atom stereocenters. The van der Waals surface area contributed by atoms with E-state index in [0.717, 1.165) is 37.0 Å². The average Bonchev–Trinajstić information content (AvgIpc) is 2.38. The van der Waals surface area contributed by atoms with Crippen LogP contribution in [0.1, 0.15) is 45.4 Å². The van der Waals surface area contributed by atoms with E-state index in [4.69, 9.17) is 5.73 Å². The number of nitrogens with two attached hydrogens (primary N) is 1. The Kier molecular flexibility index (Phi) is 7.75. The summed E-state index contributed by atoms with van der Waals surface area (Å²) in [6.07, 6.45) is 9.29. The van der Waals surface area contributed by atoms with E-state index in [-0.39, 0.29) is 11.9 Å². The highest BCUT2D eigenvalue weighted by molar-refractivity contribution is 7.98. The lowest BCUT2D eigenvalue weighted by atomic mass is 9.81. The van der Waals surface area contributed by atoms with Crippen molar-refractivity contribution in [2.45, 2.75) is 51.5 Å². The van der Waals surface area contributed by atoms with Crippen LogP contribution >= 0.6 is 11.8 Å². The number of amides is 1. The van der Waals surface area contributed by atoms with Crippen LogP contribution in [0, 0.1) is 11.8 Å². The maximum atomic E-state index is 11.7. The van der Waals surface area contributed by atoms with Gasteiger partial charge in [-0.2, -0.15) is 11.8 Å². The van der Waals surface area contributed by atoms with Crippen LogP contribution in [0.15, 0.2) is 0 Å². The first-order valence-corrected chi connectivity index (χ1v) is 8.55. The minimum atomic E-state index is -0.330. The van der Waals surface area contributed by atoms with Crippen LogP contribution in [0.5, 0.6) is 0 Å². The molecule has 0 spiro atoms. The van der Waals surface area contributed by atoms with Crippen molar-refractivity contribution in [1.29, 1.82) is 0 Å². The Balaban J connectivity index is 2.08. The first kappa shape index (κ1) is 15.8. The van der Waals surface area contributed by atoms with Crippen molar-refractivity contribution < 1.29 is 4.79 Å². The molecule has 0 aromatic carbocycles. The molecular formula is C14H28N2OS. The third-order valence-corrected chi connectivity index (χ3v) is 4.60. The maximum absolute atomic E-state index is 11.7. The first-order chi connectivity index (χ1) is 8.63. The summed E-state index contributed by atoms with van der Waals surface area (Å²) in [6, 6.07) is -0.330. The zero-order chi connectivity index (χ0) is 13.4. The zero-order valence-electron chi connectivity index (χ0n) is 11.8. The lowest BCUT2D eigenvalue weighted by molar-refractivity contribution is -0.122. The fourth-order valence-electron chi connectivity index (χ4n) is 2.52. The standard InChI is InChI=1S/C14H28N2OS/c1-11-3-5-12(6-4-11)7-9-16-14(17)13(15)8-10-18-2/h11-13H,3-10,15H2,1-2H3,(H,16,17)/t11?,12?,13-/m0/s1. The normalized spacial score (nSPS) is 25.7. The summed E-state index contributed by atoms with van der Waals surface area (Å²) < 4.78 is 0. The molecule has 3 nitrogen and oxygen atoms in total. The van der Waals surface area contributed by atoms with Gasteiger partial charge in [0.2, 0.25) is 5.91 Å². The summed E-state index contributed by atoms with van der Waals surface area (Å²) in [5, 5.41) is 2.98. The van der Waals surface area contributed by atoms with Crippen molar-refractivity contribution in [3.63, 3.8) is 0 Å². The number of rotatable bonds is 7. The highest BCUT2D eigenvalue weighted by Gasteiger charge is 2.18. The minimum Gasteiger partial charge on any atom is -0.355 e. The van der Waals surface area contributed by atoms with Gasteiger partial charge in [-0.25, -0.2) is 0 Å². The predicted molar refractivity (Wildman–Crippen MR) is 79.7 cm³/mol. The molecule has 1 amide bonds. The molecule has 0 heterocycles. The smallest absolute Gasteiger partial charge is 0.236 e. The summed E-state index contributed by atoms with van der Waals surface area (Å²) >= 11 is 1.73. The van der Waals surface area contributed by atoms with E-state index in [1.807, 2.05) is 6.26 Å². The molecule has 1 aliphatic carbocycles.